The molecule has 2 saturated heterocycles. The number of aryl methyl sites for hydroxylation is 1. The van der Waals surface area contributed by atoms with Crippen molar-refractivity contribution in [2.75, 3.05) is 82.3 Å². The van der Waals surface area contributed by atoms with Crippen LogP contribution in [-0.2, 0) is 6.42 Å². The Morgan fingerprint density at radius 1 is 0.957 bits per heavy atom. The Hall–Kier alpha value is -3.04. The Kier molecular flexibility index (Phi) is 10.6. The average molecular weight is 706 g/mol. The summed E-state index contributed by atoms with van der Waals surface area (Å²) in [5.41, 5.74) is 3.01. The van der Waals surface area contributed by atoms with Crippen LogP contribution in [0.15, 0.2) is 53.1 Å². The number of halogens is 1. The number of anilines is 5. The minimum atomic E-state index is -0.369. The maximum Gasteiger partial charge on any atom is 0.239 e. The van der Waals surface area contributed by atoms with Gasteiger partial charge in [-0.05, 0) is 104 Å². The number of pyridine rings is 1. The molecule has 0 aliphatic carbocycles. The van der Waals surface area contributed by atoms with Crippen molar-refractivity contribution < 1.29 is 4.74 Å². The lowest BCUT2D eigenvalue weighted by molar-refractivity contribution is 0.174. The molecule has 2 aromatic heterocycles. The number of hydrogen-bond donors (Lipinski definition) is 2. The van der Waals surface area contributed by atoms with Crippen LogP contribution in [0, 0.1) is 0 Å². The van der Waals surface area contributed by atoms with Gasteiger partial charge in [0.25, 0.3) is 0 Å². The molecule has 0 bridgehead atoms. The summed E-state index contributed by atoms with van der Waals surface area (Å²) >= 11 is 3.67. The number of aromatic nitrogens is 3. The topological polar surface area (TPSA) is 81.7 Å². The van der Waals surface area contributed by atoms with E-state index in [1.54, 1.807) is 13.3 Å². The van der Waals surface area contributed by atoms with Crippen LogP contribution in [-0.4, -0.2) is 97.5 Å². The summed E-state index contributed by atoms with van der Waals surface area (Å²) in [6.07, 6.45) is 6.23. The number of ether oxygens (including phenoxy) is 1. The van der Waals surface area contributed by atoms with E-state index in [2.05, 4.69) is 116 Å². The molecular formula is C35H46BrN8OP. The second-order valence-corrected chi connectivity index (χ2v) is 15.6. The van der Waals surface area contributed by atoms with Gasteiger partial charge in [-0.3, -0.25) is 4.90 Å². The lowest BCUT2D eigenvalue weighted by Gasteiger charge is -2.39. The van der Waals surface area contributed by atoms with E-state index in [0.717, 1.165) is 60.6 Å². The van der Waals surface area contributed by atoms with Gasteiger partial charge in [0.2, 0.25) is 11.8 Å². The van der Waals surface area contributed by atoms with Gasteiger partial charge >= 0.3 is 0 Å². The van der Waals surface area contributed by atoms with Crippen LogP contribution in [0.25, 0.3) is 10.8 Å². The van der Waals surface area contributed by atoms with Crippen molar-refractivity contribution in [3.63, 3.8) is 0 Å². The largest absolute Gasteiger partial charge is 0.479 e. The Morgan fingerprint density at radius 3 is 2.52 bits per heavy atom. The van der Waals surface area contributed by atoms with Gasteiger partial charge in [-0.25, -0.2) is 4.98 Å². The number of nitrogens with zero attached hydrogens (tertiary/aromatic N) is 6. The Labute approximate surface area is 283 Å². The van der Waals surface area contributed by atoms with Crippen molar-refractivity contribution in [2.45, 2.75) is 38.6 Å². The first-order valence-corrected chi connectivity index (χ1v) is 19.4. The third-order valence-electron chi connectivity index (χ3n) is 9.24. The molecule has 0 spiro atoms. The van der Waals surface area contributed by atoms with E-state index in [-0.39, 0.29) is 7.92 Å². The molecule has 2 aliphatic rings. The van der Waals surface area contributed by atoms with Crippen LogP contribution in [0.4, 0.5) is 29.0 Å². The summed E-state index contributed by atoms with van der Waals surface area (Å²) in [6.45, 7) is 13.5. The molecule has 0 atom stereocenters. The Balaban J connectivity index is 1.20. The fourth-order valence-corrected chi connectivity index (χ4v) is 8.37. The predicted octanol–water partition coefficient (Wildman–Crippen LogP) is 6.82. The minimum Gasteiger partial charge on any atom is -0.479 e. The number of nitrogens with one attached hydrogen (secondary N) is 2. The summed E-state index contributed by atoms with van der Waals surface area (Å²) in [5.74, 6) is 2.74. The summed E-state index contributed by atoms with van der Waals surface area (Å²) in [5, 5.41) is 10.8. The molecule has 11 heteroatoms. The number of methoxy groups -OCH3 is 1. The molecule has 9 nitrogen and oxygen atoms in total. The molecule has 4 aromatic rings. The van der Waals surface area contributed by atoms with Crippen molar-refractivity contribution in [1.82, 2.24) is 24.8 Å². The van der Waals surface area contributed by atoms with Crippen LogP contribution in [0.2, 0.25) is 0 Å². The smallest absolute Gasteiger partial charge is 0.239 e. The molecule has 6 rings (SSSR count). The van der Waals surface area contributed by atoms with E-state index in [1.807, 2.05) is 0 Å². The van der Waals surface area contributed by atoms with Gasteiger partial charge in [0.05, 0.1) is 11.6 Å². The van der Waals surface area contributed by atoms with Gasteiger partial charge < -0.3 is 25.2 Å². The molecule has 244 valence electrons. The highest BCUT2D eigenvalue weighted by molar-refractivity contribution is 9.10. The second kappa shape index (κ2) is 14.8. The maximum absolute atomic E-state index is 5.83. The molecule has 0 unspecified atom stereocenters. The summed E-state index contributed by atoms with van der Waals surface area (Å²) in [4.78, 5) is 22.1. The number of likely N-dealkylation sites (N-methyl/N-ethyl adjacent to an activating group) is 1. The zero-order valence-corrected chi connectivity index (χ0v) is 30.2. The van der Waals surface area contributed by atoms with E-state index in [9.17, 15) is 0 Å². The lowest BCUT2D eigenvalue weighted by Crippen LogP contribution is -2.46. The molecule has 2 aliphatic heterocycles. The van der Waals surface area contributed by atoms with E-state index >= 15 is 0 Å². The lowest BCUT2D eigenvalue weighted by atomic mass is 10.0. The second-order valence-electron chi connectivity index (χ2n) is 12.5. The first-order valence-electron chi connectivity index (χ1n) is 16.4. The highest BCUT2D eigenvalue weighted by Crippen LogP contribution is 2.37. The van der Waals surface area contributed by atoms with Gasteiger partial charge in [0.1, 0.15) is 17.3 Å². The number of benzene rings is 2. The number of fused-ring (bicyclic) bond motifs is 1. The zero-order chi connectivity index (χ0) is 32.2. The molecule has 2 N–H and O–H groups in total. The number of piperidine rings is 1. The first kappa shape index (κ1) is 32.9. The fraction of sp³-hybridized carbons (Fsp3) is 0.457. The quantitative estimate of drug-likeness (QED) is 0.183. The van der Waals surface area contributed by atoms with Crippen LogP contribution >= 0.6 is 23.9 Å². The zero-order valence-electron chi connectivity index (χ0n) is 27.7. The number of hydrogen-bond acceptors (Lipinski definition) is 9. The third-order valence-corrected chi connectivity index (χ3v) is 11.2. The molecule has 46 heavy (non-hydrogen) atoms. The molecule has 4 heterocycles. The molecule has 0 amide bonds. The van der Waals surface area contributed by atoms with Crippen LogP contribution < -0.4 is 25.6 Å². The van der Waals surface area contributed by atoms with E-state index in [1.165, 1.54) is 47.7 Å². The minimum absolute atomic E-state index is 0.369. The molecule has 0 radical (unpaired) electrons. The first-order chi connectivity index (χ1) is 22.3. The Bertz CT molecular complexity index is 1660. The molecular weight excluding hydrogens is 659 g/mol. The van der Waals surface area contributed by atoms with Crippen molar-refractivity contribution >= 4 is 68.9 Å². The fourth-order valence-electron chi connectivity index (χ4n) is 6.78. The third kappa shape index (κ3) is 7.25. The van der Waals surface area contributed by atoms with Crippen molar-refractivity contribution in [3.05, 3.63) is 58.7 Å². The van der Waals surface area contributed by atoms with Gasteiger partial charge in [-0.2, -0.15) is 9.97 Å². The van der Waals surface area contributed by atoms with Gasteiger partial charge in [0.15, 0.2) is 0 Å². The monoisotopic (exact) mass is 704 g/mol. The predicted molar refractivity (Wildman–Crippen MR) is 198 cm³/mol. The highest BCUT2D eigenvalue weighted by atomic mass is 79.9. The standard InChI is InChI=1S/C35H46BrN8OP/c1-6-24-22-30(34(45-3)41-33(24)44-18-14-26(15-19-44)43-17-9-16-42(2)20-21-43)39-35-37-23-28(36)32(40-35)38-29-13-12-25-10-7-8-11-27(25)31(29)46(4)5/h7-8,10-13,22-23,26H,6,9,14-21H2,1-5H3,(H2,37,38,39,40). The highest BCUT2D eigenvalue weighted by Gasteiger charge is 2.28. The van der Waals surface area contributed by atoms with Gasteiger partial charge in [0, 0.05) is 49.4 Å². The number of rotatable bonds is 9. The SMILES string of the molecule is CCc1cc(Nc2ncc(Br)c(Nc3ccc4ccccc4c3P(C)C)n2)c(OC)nc1N1CCC(N2CCCN(C)CC2)CC1. The van der Waals surface area contributed by atoms with Crippen LogP contribution in [0.5, 0.6) is 5.88 Å². The average Bonchev–Trinajstić information content (AvgIpc) is 3.30. The van der Waals surface area contributed by atoms with Crippen molar-refractivity contribution in [3.8, 4) is 5.88 Å². The maximum atomic E-state index is 5.83. The summed E-state index contributed by atoms with van der Waals surface area (Å²) in [7, 11) is 3.55. The van der Waals surface area contributed by atoms with Crippen molar-refractivity contribution in [1.29, 1.82) is 0 Å². The van der Waals surface area contributed by atoms with E-state index in [4.69, 9.17) is 14.7 Å². The van der Waals surface area contributed by atoms with E-state index in [0.29, 0.717) is 23.7 Å². The van der Waals surface area contributed by atoms with Gasteiger partial charge in [-0.1, -0.05) is 45.2 Å². The van der Waals surface area contributed by atoms with E-state index < -0.39 is 0 Å². The van der Waals surface area contributed by atoms with Crippen LogP contribution in [0.3, 0.4) is 0 Å². The van der Waals surface area contributed by atoms with Crippen LogP contribution in [0.1, 0.15) is 31.7 Å². The molecule has 2 fully saturated rings. The summed E-state index contributed by atoms with van der Waals surface area (Å²) < 4.78 is 6.62. The van der Waals surface area contributed by atoms with Crippen molar-refractivity contribution in [2.24, 2.45) is 0 Å². The Morgan fingerprint density at radius 2 is 1.76 bits per heavy atom. The molecule has 2 aromatic carbocycles. The van der Waals surface area contributed by atoms with Gasteiger partial charge in [-0.15, -0.1) is 0 Å². The molecule has 0 saturated carbocycles. The normalized spacial score (nSPS) is 17.0. The summed E-state index contributed by atoms with van der Waals surface area (Å²) in [6, 6.07) is 15.7.